The fraction of sp³-hybridized carbons (Fsp3) is 0.571. The van der Waals surface area contributed by atoms with Gasteiger partial charge in [0.05, 0.1) is 19.5 Å². The summed E-state index contributed by atoms with van der Waals surface area (Å²) in [5.74, 6) is 0. The molecule has 0 aliphatic carbocycles. The van der Waals surface area contributed by atoms with Crippen LogP contribution in [0, 0.1) is 0 Å². The minimum Gasteiger partial charge on any atom is -0.393 e. The van der Waals surface area contributed by atoms with Gasteiger partial charge in [-0.2, -0.15) is 0 Å². The summed E-state index contributed by atoms with van der Waals surface area (Å²) in [5.41, 5.74) is -1.94. The van der Waals surface area contributed by atoms with E-state index >= 15 is 0 Å². The largest absolute Gasteiger partial charge is 0.393 e. The van der Waals surface area contributed by atoms with Crippen LogP contribution in [-0.4, -0.2) is 48.5 Å². The second-order valence-electron chi connectivity index (χ2n) is 2.87. The van der Waals surface area contributed by atoms with Crippen LogP contribution in [-0.2, 0) is 6.54 Å². The molecular weight excluding hydrogens is 176 g/mol. The first kappa shape index (κ1) is 10.1. The standard InChI is InChI=1S/C7H12N2O4/c10-4-7(13,6(11)12)3-9-2-1-8-5-9/h1-2,5-6,10-13H,3-4H2. The van der Waals surface area contributed by atoms with E-state index in [1.54, 1.807) is 6.20 Å². The summed E-state index contributed by atoms with van der Waals surface area (Å²) in [7, 11) is 0. The normalized spacial score (nSPS) is 16.1. The highest BCUT2D eigenvalue weighted by Gasteiger charge is 2.34. The maximum absolute atomic E-state index is 9.47. The SMILES string of the molecule is OCC(O)(Cn1ccnc1)C(O)O. The first-order chi connectivity index (χ1) is 6.08. The lowest BCUT2D eigenvalue weighted by Crippen LogP contribution is -2.49. The number of nitrogens with zero attached hydrogens (tertiary/aromatic N) is 2. The summed E-state index contributed by atoms with van der Waals surface area (Å²) in [4.78, 5) is 3.71. The molecule has 13 heavy (non-hydrogen) atoms. The number of hydrogen-bond acceptors (Lipinski definition) is 5. The van der Waals surface area contributed by atoms with Crippen LogP contribution in [0.1, 0.15) is 0 Å². The summed E-state index contributed by atoms with van der Waals surface area (Å²) < 4.78 is 1.44. The van der Waals surface area contributed by atoms with Gasteiger partial charge in [0.2, 0.25) is 0 Å². The van der Waals surface area contributed by atoms with Crippen molar-refractivity contribution in [2.24, 2.45) is 0 Å². The Morgan fingerprint density at radius 3 is 2.54 bits per heavy atom. The number of hydrogen-bond donors (Lipinski definition) is 4. The molecule has 4 N–H and O–H groups in total. The summed E-state index contributed by atoms with van der Waals surface area (Å²) in [6, 6.07) is 0. The Labute approximate surface area is 74.7 Å². The van der Waals surface area contributed by atoms with Crippen LogP contribution < -0.4 is 0 Å². The van der Waals surface area contributed by atoms with Gasteiger partial charge in [0.15, 0.2) is 11.9 Å². The van der Waals surface area contributed by atoms with Gasteiger partial charge < -0.3 is 25.0 Å². The van der Waals surface area contributed by atoms with E-state index in [0.717, 1.165) is 0 Å². The van der Waals surface area contributed by atoms with Crippen molar-refractivity contribution in [3.8, 4) is 0 Å². The van der Waals surface area contributed by atoms with Crippen LogP contribution in [0.4, 0.5) is 0 Å². The third-order valence-corrected chi connectivity index (χ3v) is 1.77. The zero-order valence-corrected chi connectivity index (χ0v) is 6.91. The van der Waals surface area contributed by atoms with Crippen molar-refractivity contribution in [1.29, 1.82) is 0 Å². The van der Waals surface area contributed by atoms with Gasteiger partial charge in [0, 0.05) is 12.4 Å². The van der Waals surface area contributed by atoms with Crippen molar-refractivity contribution in [3.63, 3.8) is 0 Å². The Bertz CT molecular complexity index is 249. The van der Waals surface area contributed by atoms with Gasteiger partial charge in [-0.3, -0.25) is 0 Å². The van der Waals surface area contributed by atoms with E-state index in [1.165, 1.54) is 17.1 Å². The summed E-state index contributed by atoms with van der Waals surface area (Å²) in [6.45, 7) is -0.857. The van der Waals surface area contributed by atoms with Crippen molar-refractivity contribution in [3.05, 3.63) is 18.7 Å². The molecule has 0 saturated carbocycles. The molecule has 0 aromatic carbocycles. The van der Waals surface area contributed by atoms with E-state index in [1.807, 2.05) is 0 Å². The maximum Gasteiger partial charge on any atom is 0.185 e. The first-order valence-corrected chi connectivity index (χ1v) is 3.73. The minimum atomic E-state index is -1.99. The molecule has 0 amide bonds. The molecule has 0 aliphatic rings. The van der Waals surface area contributed by atoms with E-state index in [4.69, 9.17) is 15.3 Å². The fourth-order valence-electron chi connectivity index (χ4n) is 0.910. The predicted octanol–water partition coefficient (Wildman–Crippen LogP) is -2.08. The smallest absolute Gasteiger partial charge is 0.185 e. The van der Waals surface area contributed by atoms with E-state index in [0.29, 0.717) is 0 Å². The van der Waals surface area contributed by atoms with Gasteiger partial charge in [-0.25, -0.2) is 4.98 Å². The Hall–Kier alpha value is -0.950. The minimum absolute atomic E-state index is 0.124. The highest BCUT2D eigenvalue weighted by atomic mass is 16.5. The zero-order chi connectivity index (χ0) is 9.90. The molecule has 0 fully saturated rings. The summed E-state index contributed by atoms with van der Waals surface area (Å²) >= 11 is 0. The number of aliphatic hydroxyl groups is 4. The van der Waals surface area contributed by atoms with Crippen molar-refractivity contribution >= 4 is 0 Å². The molecule has 1 unspecified atom stereocenters. The van der Waals surface area contributed by atoms with Crippen molar-refractivity contribution < 1.29 is 20.4 Å². The monoisotopic (exact) mass is 188 g/mol. The molecule has 6 nitrogen and oxygen atoms in total. The van der Waals surface area contributed by atoms with Gasteiger partial charge in [-0.15, -0.1) is 0 Å². The lowest BCUT2D eigenvalue weighted by molar-refractivity contribution is -0.205. The number of aromatic nitrogens is 2. The van der Waals surface area contributed by atoms with Gasteiger partial charge in [-0.1, -0.05) is 0 Å². The molecule has 0 saturated heterocycles. The Morgan fingerprint density at radius 2 is 2.15 bits per heavy atom. The fourth-order valence-corrected chi connectivity index (χ4v) is 0.910. The first-order valence-electron chi connectivity index (χ1n) is 3.73. The molecule has 0 radical (unpaired) electrons. The van der Waals surface area contributed by atoms with Crippen molar-refractivity contribution in [2.75, 3.05) is 6.61 Å². The second-order valence-corrected chi connectivity index (χ2v) is 2.87. The molecule has 0 aliphatic heterocycles. The van der Waals surface area contributed by atoms with Crippen LogP contribution in [0.3, 0.4) is 0 Å². The summed E-state index contributed by atoms with van der Waals surface area (Å²) in [6.07, 6.45) is 2.45. The lowest BCUT2D eigenvalue weighted by Gasteiger charge is -2.27. The van der Waals surface area contributed by atoms with Crippen LogP contribution >= 0.6 is 0 Å². The third kappa shape index (κ3) is 2.25. The third-order valence-electron chi connectivity index (χ3n) is 1.77. The van der Waals surface area contributed by atoms with Crippen molar-refractivity contribution in [1.82, 2.24) is 9.55 Å². The van der Waals surface area contributed by atoms with Crippen LogP contribution in [0.15, 0.2) is 18.7 Å². The molecule has 1 aromatic heterocycles. The van der Waals surface area contributed by atoms with E-state index in [-0.39, 0.29) is 6.54 Å². The van der Waals surface area contributed by atoms with Gasteiger partial charge in [-0.05, 0) is 0 Å². The number of imidazole rings is 1. The molecule has 74 valence electrons. The summed E-state index contributed by atoms with van der Waals surface area (Å²) in [5, 5.41) is 35.8. The van der Waals surface area contributed by atoms with E-state index in [2.05, 4.69) is 4.98 Å². The molecule has 1 heterocycles. The molecule has 0 spiro atoms. The van der Waals surface area contributed by atoms with Gasteiger partial charge in [0.1, 0.15) is 0 Å². The number of aliphatic hydroxyl groups excluding tert-OH is 2. The van der Waals surface area contributed by atoms with Crippen molar-refractivity contribution in [2.45, 2.75) is 18.4 Å². The Kier molecular flexibility index (Phi) is 2.99. The molecule has 1 aromatic rings. The van der Waals surface area contributed by atoms with Gasteiger partial charge >= 0.3 is 0 Å². The molecule has 1 rings (SSSR count). The molecular formula is C7H12N2O4. The van der Waals surface area contributed by atoms with Crippen LogP contribution in [0.2, 0.25) is 0 Å². The Balaban J connectivity index is 2.69. The zero-order valence-electron chi connectivity index (χ0n) is 6.91. The van der Waals surface area contributed by atoms with E-state index in [9.17, 15) is 5.11 Å². The highest BCUT2D eigenvalue weighted by molar-refractivity contribution is 4.84. The Morgan fingerprint density at radius 1 is 1.46 bits per heavy atom. The molecule has 1 atom stereocenters. The second kappa shape index (κ2) is 3.84. The average Bonchev–Trinajstić information content (AvgIpc) is 2.56. The topological polar surface area (TPSA) is 98.7 Å². The van der Waals surface area contributed by atoms with Gasteiger partial charge in [0.25, 0.3) is 0 Å². The number of rotatable bonds is 4. The lowest BCUT2D eigenvalue weighted by atomic mass is 10.1. The molecule has 6 heteroatoms. The van der Waals surface area contributed by atoms with E-state index < -0.39 is 18.5 Å². The van der Waals surface area contributed by atoms with Crippen LogP contribution in [0.5, 0.6) is 0 Å². The maximum atomic E-state index is 9.47. The van der Waals surface area contributed by atoms with Crippen LogP contribution in [0.25, 0.3) is 0 Å². The average molecular weight is 188 g/mol. The molecule has 0 bridgehead atoms. The highest BCUT2D eigenvalue weighted by Crippen LogP contribution is 2.11. The predicted molar refractivity (Wildman–Crippen MR) is 42.5 cm³/mol. The quantitative estimate of drug-likeness (QED) is 0.406.